The molecule has 0 atom stereocenters. The Morgan fingerprint density at radius 1 is 1.40 bits per heavy atom. The highest BCUT2D eigenvalue weighted by Gasteiger charge is 2.12. The Morgan fingerprint density at radius 3 is 2.67 bits per heavy atom. The predicted molar refractivity (Wildman–Crippen MR) is 67.3 cm³/mol. The Balaban J connectivity index is 2.95. The van der Waals surface area contributed by atoms with Crippen LogP contribution >= 0.6 is 39.1 Å². The molecule has 0 unspecified atom stereocenters. The van der Waals surface area contributed by atoms with Crippen LogP contribution in [0.25, 0.3) is 0 Å². The standard InChI is InChI=1S/C8H8BrCl2NO2S/c9-6-2-1-3-7(8(6)11)12-15(13,14)5-4-10/h1-3,12H,4-5H2. The minimum atomic E-state index is -3.41. The molecular formula is C8H8BrCl2NO2S. The molecule has 0 aliphatic heterocycles. The van der Waals surface area contributed by atoms with Crippen molar-refractivity contribution in [1.29, 1.82) is 0 Å². The first-order valence-electron chi connectivity index (χ1n) is 3.97. The average molecular weight is 333 g/mol. The predicted octanol–water partition coefficient (Wildman–Crippen LogP) is 3.08. The molecule has 1 aromatic carbocycles. The van der Waals surface area contributed by atoms with E-state index in [-0.39, 0.29) is 11.6 Å². The number of hydrogen-bond donors (Lipinski definition) is 1. The first-order chi connectivity index (χ1) is 6.96. The molecule has 0 aliphatic rings. The van der Waals surface area contributed by atoms with Crippen LogP contribution in [-0.2, 0) is 10.0 Å². The summed E-state index contributed by atoms with van der Waals surface area (Å²) >= 11 is 14.5. The molecule has 3 nitrogen and oxygen atoms in total. The Bertz CT molecular complexity index is 450. The molecule has 1 aromatic rings. The molecule has 0 bridgehead atoms. The van der Waals surface area contributed by atoms with Gasteiger partial charge in [-0.05, 0) is 28.1 Å². The van der Waals surface area contributed by atoms with Crippen LogP contribution in [0.15, 0.2) is 22.7 Å². The summed E-state index contributed by atoms with van der Waals surface area (Å²) in [6.45, 7) is 0. The van der Waals surface area contributed by atoms with Gasteiger partial charge in [0.25, 0.3) is 0 Å². The summed E-state index contributed by atoms with van der Waals surface area (Å²) in [7, 11) is -3.41. The van der Waals surface area contributed by atoms with E-state index in [1.165, 1.54) is 0 Å². The highest BCUT2D eigenvalue weighted by atomic mass is 79.9. The third kappa shape index (κ3) is 3.83. The van der Waals surface area contributed by atoms with Gasteiger partial charge >= 0.3 is 0 Å². The van der Waals surface area contributed by atoms with Crippen molar-refractivity contribution in [3.63, 3.8) is 0 Å². The maximum absolute atomic E-state index is 11.4. The fraction of sp³-hybridized carbons (Fsp3) is 0.250. The van der Waals surface area contributed by atoms with Gasteiger partial charge in [0.05, 0.1) is 16.5 Å². The Hall–Kier alpha value is 0.0300. The van der Waals surface area contributed by atoms with Gasteiger partial charge in [0.15, 0.2) is 0 Å². The Morgan fingerprint density at radius 2 is 2.07 bits per heavy atom. The zero-order valence-corrected chi connectivity index (χ0v) is 11.4. The van der Waals surface area contributed by atoms with E-state index < -0.39 is 10.0 Å². The number of anilines is 1. The molecule has 0 fully saturated rings. The van der Waals surface area contributed by atoms with Gasteiger partial charge < -0.3 is 0 Å². The number of benzene rings is 1. The second-order valence-electron chi connectivity index (χ2n) is 2.71. The molecule has 84 valence electrons. The van der Waals surface area contributed by atoms with E-state index in [0.29, 0.717) is 15.2 Å². The van der Waals surface area contributed by atoms with Crippen molar-refractivity contribution in [2.24, 2.45) is 0 Å². The van der Waals surface area contributed by atoms with Crippen molar-refractivity contribution in [1.82, 2.24) is 0 Å². The average Bonchev–Trinajstić information content (AvgIpc) is 2.12. The minimum absolute atomic E-state index is 0.0426. The fourth-order valence-corrected chi connectivity index (χ4v) is 2.92. The molecule has 0 radical (unpaired) electrons. The fourth-order valence-electron chi connectivity index (χ4n) is 0.903. The molecule has 0 saturated carbocycles. The van der Waals surface area contributed by atoms with Crippen LogP contribution in [-0.4, -0.2) is 20.1 Å². The quantitative estimate of drug-likeness (QED) is 0.861. The molecule has 15 heavy (non-hydrogen) atoms. The van der Waals surface area contributed by atoms with Gasteiger partial charge in [-0.1, -0.05) is 17.7 Å². The highest BCUT2D eigenvalue weighted by molar-refractivity contribution is 9.10. The van der Waals surface area contributed by atoms with Crippen molar-refractivity contribution in [2.75, 3.05) is 16.4 Å². The second-order valence-corrected chi connectivity index (χ2v) is 6.16. The van der Waals surface area contributed by atoms with Crippen LogP contribution in [0.2, 0.25) is 5.02 Å². The lowest BCUT2D eigenvalue weighted by molar-refractivity contribution is 0.602. The summed E-state index contributed by atoms with van der Waals surface area (Å²) in [5, 5.41) is 0.329. The molecule has 0 saturated heterocycles. The van der Waals surface area contributed by atoms with Crippen molar-refractivity contribution in [2.45, 2.75) is 0 Å². The summed E-state index contributed by atoms with van der Waals surface area (Å²) in [6.07, 6.45) is 0. The molecule has 0 spiro atoms. The zero-order valence-electron chi connectivity index (χ0n) is 7.50. The Labute approximate surface area is 107 Å². The lowest BCUT2D eigenvalue weighted by Crippen LogP contribution is -2.17. The van der Waals surface area contributed by atoms with Gasteiger partial charge in [0, 0.05) is 10.4 Å². The van der Waals surface area contributed by atoms with Crippen molar-refractivity contribution < 1.29 is 8.42 Å². The summed E-state index contributed by atoms with van der Waals surface area (Å²) < 4.78 is 25.8. The number of nitrogens with one attached hydrogen (secondary N) is 1. The van der Waals surface area contributed by atoms with Gasteiger partial charge in [-0.2, -0.15) is 0 Å². The van der Waals surface area contributed by atoms with E-state index in [1.807, 2.05) is 0 Å². The molecule has 0 heterocycles. The van der Waals surface area contributed by atoms with Gasteiger partial charge in [0.2, 0.25) is 10.0 Å². The van der Waals surface area contributed by atoms with Crippen molar-refractivity contribution in [3.05, 3.63) is 27.7 Å². The molecular weight excluding hydrogens is 325 g/mol. The second kappa shape index (κ2) is 5.39. The van der Waals surface area contributed by atoms with Crippen LogP contribution in [0.5, 0.6) is 0 Å². The SMILES string of the molecule is O=S(=O)(CCCl)Nc1cccc(Br)c1Cl. The summed E-state index contributed by atoms with van der Waals surface area (Å²) in [5.41, 5.74) is 0.344. The topological polar surface area (TPSA) is 46.2 Å². The number of hydrogen-bond acceptors (Lipinski definition) is 2. The van der Waals surface area contributed by atoms with Crippen molar-refractivity contribution in [3.8, 4) is 0 Å². The van der Waals surface area contributed by atoms with E-state index in [4.69, 9.17) is 23.2 Å². The maximum atomic E-state index is 11.4. The number of sulfonamides is 1. The molecule has 0 amide bonds. The van der Waals surface area contributed by atoms with Crippen LogP contribution in [0.3, 0.4) is 0 Å². The Kier molecular flexibility index (Phi) is 4.70. The van der Waals surface area contributed by atoms with E-state index in [0.717, 1.165) is 0 Å². The maximum Gasteiger partial charge on any atom is 0.233 e. The molecule has 0 aromatic heterocycles. The van der Waals surface area contributed by atoms with E-state index in [1.54, 1.807) is 18.2 Å². The monoisotopic (exact) mass is 331 g/mol. The van der Waals surface area contributed by atoms with E-state index in [2.05, 4.69) is 20.7 Å². The number of alkyl halides is 1. The third-order valence-corrected chi connectivity index (χ3v) is 4.54. The van der Waals surface area contributed by atoms with Crippen LogP contribution < -0.4 is 4.72 Å². The molecule has 1 N–H and O–H groups in total. The van der Waals surface area contributed by atoms with Gasteiger partial charge in [-0.15, -0.1) is 11.6 Å². The summed E-state index contributed by atoms with van der Waals surface area (Å²) in [5.74, 6) is -0.0989. The first kappa shape index (κ1) is 13.1. The molecule has 0 aliphatic carbocycles. The van der Waals surface area contributed by atoms with Gasteiger partial charge in [-0.3, -0.25) is 4.72 Å². The molecule has 7 heteroatoms. The van der Waals surface area contributed by atoms with Crippen LogP contribution in [0.1, 0.15) is 0 Å². The first-order valence-corrected chi connectivity index (χ1v) is 7.32. The normalized spacial score (nSPS) is 11.4. The lowest BCUT2D eigenvalue weighted by Gasteiger charge is -2.08. The molecule has 1 rings (SSSR count). The number of halogens is 3. The van der Waals surface area contributed by atoms with Crippen LogP contribution in [0, 0.1) is 0 Å². The zero-order chi connectivity index (χ0) is 11.5. The van der Waals surface area contributed by atoms with Gasteiger partial charge in [0.1, 0.15) is 0 Å². The largest absolute Gasteiger partial charge is 0.282 e. The smallest absolute Gasteiger partial charge is 0.233 e. The van der Waals surface area contributed by atoms with E-state index >= 15 is 0 Å². The van der Waals surface area contributed by atoms with Crippen molar-refractivity contribution >= 4 is 54.8 Å². The summed E-state index contributed by atoms with van der Waals surface area (Å²) in [4.78, 5) is 0. The highest BCUT2D eigenvalue weighted by Crippen LogP contribution is 2.30. The summed E-state index contributed by atoms with van der Waals surface area (Å²) in [6, 6.07) is 5.00. The van der Waals surface area contributed by atoms with Gasteiger partial charge in [-0.25, -0.2) is 8.42 Å². The minimum Gasteiger partial charge on any atom is -0.282 e. The number of rotatable bonds is 4. The third-order valence-electron chi connectivity index (χ3n) is 1.56. The van der Waals surface area contributed by atoms with E-state index in [9.17, 15) is 8.42 Å². The van der Waals surface area contributed by atoms with Crippen LogP contribution in [0.4, 0.5) is 5.69 Å². The lowest BCUT2D eigenvalue weighted by atomic mass is 10.3.